The maximum atomic E-state index is 15.4. The molecule has 1 aliphatic carbocycles. The molecule has 1 aromatic heterocycles. The van der Waals surface area contributed by atoms with E-state index in [2.05, 4.69) is 19.1 Å². The van der Waals surface area contributed by atoms with Crippen LogP contribution in [0.5, 0.6) is 0 Å². The molecule has 3 heterocycles. The van der Waals surface area contributed by atoms with Crippen LogP contribution >= 0.6 is 0 Å². The molecule has 2 atom stereocenters. The average Bonchev–Trinajstić information content (AvgIpc) is 3.51. The van der Waals surface area contributed by atoms with E-state index >= 15 is 4.39 Å². The standard InChI is InChI=1S/C32H30FN3O4/c1-18-24-5-3-2-4-19(24)11-13-36(18)31(37)22-14-26(20-6-7-20)29-28(15-22)40-30(34-29)25-9-8-23(16-27(25)33)35-12-10-21(17-35)32(38)39/h2-5,8-9,14-16,18,20-21H,6-7,10-13,17H2,1H3,(H,38,39)/t18?,21-/m0/s1. The lowest BCUT2D eigenvalue weighted by molar-refractivity contribution is -0.140. The number of carbonyl (C=O) groups excluding carboxylic acids is 1. The number of hydrogen-bond acceptors (Lipinski definition) is 5. The fourth-order valence-corrected chi connectivity index (χ4v) is 6.29. The Bertz CT molecular complexity index is 1660. The van der Waals surface area contributed by atoms with E-state index in [0.717, 1.165) is 24.8 Å². The third kappa shape index (κ3) is 4.22. The van der Waals surface area contributed by atoms with E-state index in [4.69, 9.17) is 9.40 Å². The first-order valence-electron chi connectivity index (χ1n) is 14.0. The number of aromatic nitrogens is 1. The summed E-state index contributed by atoms with van der Waals surface area (Å²) in [5.74, 6) is -1.29. The Balaban J connectivity index is 1.21. The molecule has 2 aliphatic heterocycles. The van der Waals surface area contributed by atoms with Gasteiger partial charge in [-0.1, -0.05) is 24.3 Å². The van der Waals surface area contributed by atoms with Crippen LogP contribution in [0.1, 0.15) is 65.2 Å². The number of carboxylic acids is 1. The molecule has 1 saturated carbocycles. The molecule has 8 heteroatoms. The number of fused-ring (bicyclic) bond motifs is 2. The number of halogens is 1. The first-order chi connectivity index (χ1) is 19.4. The molecular formula is C32H30FN3O4. The Kier molecular flexibility index (Phi) is 5.87. The summed E-state index contributed by atoms with van der Waals surface area (Å²) < 4.78 is 21.5. The molecule has 7 rings (SSSR count). The summed E-state index contributed by atoms with van der Waals surface area (Å²) in [6.07, 6.45) is 3.41. The van der Waals surface area contributed by atoms with Crippen LogP contribution in [-0.4, -0.2) is 46.5 Å². The highest BCUT2D eigenvalue weighted by Gasteiger charge is 2.33. The molecule has 1 N–H and O–H groups in total. The maximum absolute atomic E-state index is 15.4. The lowest BCUT2D eigenvalue weighted by atomic mass is 9.93. The van der Waals surface area contributed by atoms with Gasteiger partial charge in [0.05, 0.1) is 17.5 Å². The van der Waals surface area contributed by atoms with Gasteiger partial charge in [-0.05, 0) is 85.5 Å². The SMILES string of the molecule is CC1c2ccccc2CCN1C(=O)c1cc(C2CC2)c2nc(-c3ccc(N4CC[C@H](C(=O)O)C4)cc3F)oc2c1. The smallest absolute Gasteiger partial charge is 0.308 e. The predicted octanol–water partition coefficient (Wildman–Crippen LogP) is 6.18. The third-order valence-corrected chi connectivity index (χ3v) is 8.73. The Hall–Kier alpha value is -4.20. The van der Waals surface area contributed by atoms with Gasteiger partial charge in [0.1, 0.15) is 11.3 Å². The van der Waals surface area contributed by atoms with E-state index in [-0.39, 0.29) is 23.4 Å². The minimum absolute atomic E-state index is 0.0307. The van der Waals surface area contributed by atoms with Gasteiger partial charge in [0.2, 0.25) is 5.89 Å². The van der Waals surface area contributed by atoms with E-state index in [9.17, 15) is 14.7 Å². The molecule has 204 valence electrons. The zero-order valence-corrected chi connectivity index (χ0v) is 22.3. The fourth-order valence-electron chi connectivity index (χ4n) is 6.29. The lowest BCUT2D eigenvalue weighted by Crippen LogP contribution is -2.38. The van der Waals surface area contributed by atoms with Crippen molar-refractivity contribution in [1.29, 1.82) is 0 Å². The van der Waals surface area contributed by atoms with Crippen molar-refractivity contribution in [3.8, 4) is 11.5 Å². The normalized spacial score (nSPS) is 20.6. The van der Waals surface area contributed by atoms with Crippen molar-refractivity contribution < 1.29 is 23.5 Å². The molecule has 4 aromatic rings. The number of rotatable bonds is 5. The molecule has 0 bridgehead atoms. The van der Waals surface area contributed by atoms with Crippen LogP contribution in [0, 0.1) is 11.7 Å². The van der Waals surface area contributed by atoms with E-state index in [1.807, 2.05) is 28.0 Å². The quantitative estimate of drug-likeness (QED) is 0.326. The van der Waals surface area contributed by atoms with Crippen LogP contribution in [0.25, 0.3) is 22.6 Å². The molecule has 3 aliphatic rings. The lowest BCUT2D eigenvalue weighted by Gasteiger charge is -2.35. The van der Waals surface area contributed by atoms with Crippen molar-refractivity contribution in [3.63, 3.8) is 0 Å². The van der Waals surface area contributed by atoms with Gasteiger partial charge in [-0.3, -0.25) is 9.59 Å². The van der Waals surface area contributed by atoms with Crippen LogP contribution in [0.2, 0.25) is 0 Å². The highest BCUT2D eigenvalue weighted by atomic mass is 19.1. The van der Waals surface area contributed by atoms with Gasteiger partial charge < -0.3 is 19.3 Å². The van der Waals surface area contributed by atoms with Gasteiger partial charge in [-0.15, -0.1) is 0 Å². The number of carbonyl (C=O) groups is 2. The fraction of sp³-hybridized carbons (Fsp3) is 0.344. The zero-order valence-electron chi connectivity index (χ0n) is 22.3. The summed E-state index contributed by atoms with van der Waals surface area (Å²) in [4.78, 5) is 33.6. The molecule has 40 heavy (non-hydrogen) atoms. The average molecular weight is 540 g/mol. The summed E-state index contributed by atoms with van der Waals surface area (Å²) in [6, 6.07) is 16.8. The van der Waals surface area contributed by atoms with Crippen LogP contribution in [0.4, 0.5) is 10.1 Å². The van der Waals surface area contributed by atoms with E-state index in [0.29, 0.717) is 54.3 Å². The molecule has 0 radical (unpaired) electrons. The number of aliphatic carboxylic acids is 1. The number of nitrogens with zero attached hydrogens (tertiary/aromatic N) is 3. The highest BCUT2D eigenvalue weighted by Crippen LogP contribution is 2.45. The molecular weight excluding hydrogens is 509 g/mol. The van der Waals surface area contributed by atoms with Crippen molar-refractivity contribution in [2.24, 2.45) is 5.92 Å². The zero-order chi connectivity index (χ0) is 27.5. The third-order valence-electron chi connectivity index (χ3n) is 8.73. The molecule has 0 spiro atoms. The van der Waals surface area contributed by atoms with Crippen LogP contribution in [0.15, 0.2) is 59.0 Å². The molecule has 3 aromatic carbocycles. The summed E-state index contributed by atoms with van der Waals surface area (Å²) in [6.45, 7) is 3.65. The second-order valence-electron chi connectivity index (χ2n) is 11.3. The van der Waals surface area contributed by atoms with Crippen molar-refractivity contribution in [2.75, 3.05) is 24.5 Å². The molecule has 2 fully saturated rings. The predicted molar refractivity (Wildman–Crippen MR) is 149 cm³/mol. The number of oxazole rings is 1. The maximum Gasteiger partial charge on any atom is 0.308 e. The van der Waals surface area contributed by atoms with Gasteiger partial charge >= 0.3 is 5.97 Å². The first-order valence-corrected chi connectivity index (χ1v) is 14.0. The molecule has 7 nitrogen and oxygen atoms in total. The Morgan fingerprint density at radius 1 is 1.02 bits per heavy atom. The van der Waals surface area contributed by atoms with Crippen LogP contribution in [-0.2, 0) is 11.2 Å². The van der Waals surface area contributed by atoms with E-state index in [1.54, 1.807) is 18.2 Å². The number of anilines is 1. The Morgan fingerprint density at radius 3 is 2.60 bits per heavy atom. The minimum Gasteiger partial charge on any atom is -0.481 e. The molecule has 1 saturated heterocycles. The summed E-state index contributed by atoms with van der Waals surface area (Å²) in [7, 11) is 0. The molecule has 1 amide bonds. The van der Waals surface area contributed by atoms with Crippen LogP contribution < -0.4 is 4.90 Å². The largest absolute Gasteiger partial charge is 0.481 e. The summed E-state index contributed by atoms with van der Waals surface area (Å²) in [5, 5.41) is 9.29. The Morgan fingerprint density at radius 2 is 1.85 bits per heavy atom. The van der Waals surface area contributed by atoms with Crippen molar-refractivity contribution >= 4 is 28.7 Å². The monoisotopic (exact) mass is 539 g/mol. The second kappa shape index (κ2) is 9.47. The number of carboxylic acid groups (broad SMARTS) is 1. The van der Waals surface area contributed by atoms with E-state index in [1.165, 1.54) is 17.2 Å². The summed E-state index contributed by atoms with van der Waals surface area (Å²) in [5.41, 5.74) is 6.07. The minimum atomic E-state index is -0.824. The second-order valence-corrected chi connectivity index (χ2v) is 11.3. The van der Waals surface area contributed by atoms with Crippen LogP contribution in [0.3, 0.4) is 0 Å². The van der Waals surface area contributed by atoms with Gasteiger partial charge in [0, 0.05) is 30.9 Å². The Labute approximate surface area is 231 Å². The van der Waals surface area contributed by atoms with Gasteiger partial charge in [-0.25, -0.2) is 9.37 Å². The number of amides is 1. The number of benzene rings is 3. The van der Waals surface area contributed by atoms with E-state index < -0.39 is 17.7 Å². The summed E-state index contributed by atoms with van der Waals surface area (Å²) >= 11 is 0. The molecule has 1 unspecified atom stereocenters. The van der Waals surface area contributed by atoms with Gasteiger partial charge in [-0.2, -0.15) is 0 Å². The van der Waals surface area contributed by atoms with Crippen molar-refractivity contribution in [1.82, 2.24) is 9.88 Å². The van der Waals surface area contributed by atoms with Gasteiger partial charge in [0.25, 0.3) is 5.91 Å². The first kappa shape index (κ1) is 24.8. The van der Waals surface area contributed by atoms with Crippen molar-refractivity contribution in [3.05, 3.63) is 82.7 Å². The number of hydrogen-bond donors (Lipinski definition) is 1. The highest BCUT2D eigenvalue weighted by molar-refractivity contribution is 5.99. The topological polar surface area (TPSA) is 86.9 Å². The van der Waals surface area contributed by atoms with Crippen molar-refractivity contribution in [2.45, 2.75) is 44.6 Å². The van der Waals surface area contributed by atoms with Gasteiger partial charge in [0.15, 0.2) is 5.58 Å².